The largest absolute Gasteiger partial charge is 2.00 e. The Kier molecular flexibility index (Phi) is 46.8. The predicted molar refractivity (Wildman–Crippen MR) is 297 cm³/mol. The molecule has 0 saturated heterocycles. The number of rotatable bonds is 46. The summed E-state index contributed by atoms with van der Waals surface area (Å²) in [7, 11) is -8.97. The molecule has 0 saturated carbocycles. The Morgan fingerprint density at radius 1 is 0.320 bits per heavy atom. The summed E-state index contributed by atoms with van der Waals surface area (Å²) in [4.78, 5) is 49.1. The number of ether oxygens (including phenoxy) is 4. The maximum Gasteiger partial charge on any atom is 2.00 e. The van der Waals surface area contributed by atoms with Gasteiger partial charge in [0.25, 0.3) is 0 Å². The van der Waals surface area contributed by atoms with E-state index in [-0.39, 0.29) is 73.2 Å². The normalized spacial score (nSPS) is 11.3. The van der Waals surface area contributed by atoms with E-state index in [4.69, 9.17) is 18.9 Å². The molecule has 0 aliphatic carbocycles. The van der Waals surface area contributed by atoms with Crippen LogP contribution >= 0.6 is 0 Å². The van der Waals surface area contributed by atoms with Crippen LogP contribution < -0.4 is 0 Å². The zero-order valence-electron chi connectivity index (χ0n) is 46.1. The maximum atomic E-state index is 12.4. The fraction of sp³-hybridized carbons (Fsp3) is 0.724. The first-order valence-electron chi connectivity index (χ1n) is 28.4. The van der Waals surface area contributed by atoms with E-state index in [1.54, 1.807) is 24.3 Å². The molecule has 17 heteroatoms. The maximum absolute atomic E-state index is 12.4. The van der Waals surface area contributed by atoms with E-state index in [0.29, 0.717) is 0 Å². The summed E-state index contributed by atoms with van der Waals surface area (Å²) in [6, 6.07) is 12.1. The average molecular weight is 1120 g/mol. The fourth-order valence-corrected chi connectivity index (χ4v) is 9.02. The molecule has 0 aliphatic rings. The van der Waals surface area contributed by atoms with Gasteiger partial charge in [0.1, 0.15) is 13.2 Å². The van der Waals surface area contributed by atoms with Crippen molar-refractivity contribution in [1.82, 2.24) is 0 Å². The Bertz CT molecular complexity index is 1850. The molecule has 0 amide bonds. The van der Waals surface area contributed by atoms with Crippen LogP contribution in [-0.4, -0.2) is 125 Å². The van der Waals surface area contributed by atoms with Crippen LogP contribution in [-0.2, 0) is 39.2 Å². The second-order valence-electron chi connectivity index (χ2n) is 19.5. The van der Waals surface area contributed by atoms with Gasteiger partial charge in [-0.25, -0.2) is 36.0 Å². The van der Waals surface area contributed by atoms with Gasteiger partial charge in [-0.15, -0.1) is 0 Å². The van der Waals surface area contributed by atoms with Crippen molar-refractivity contribution in [3.8, 4) is 0 Å². The first kappa shape index (κ1) is 72.4. The third kappa shape index (κ3) is 43.0. The summed E-state index contributed by atoms with van der Waals surface area (Å²) >= 11 is 0. The van der Waals surface area contributed by atoms with Crippen molar-refractivity contribution in [3.05, 3.63) is 70.8 Å². The van der Waals surface area contributed by atoms with Gasteiger partial charge in [0.05, 0.1) is 67.2 Å². The SMILES string of the molecule is CCCCCCCCCCCCCCCCCCCOC(=O)c1ccccc1C(=O)OCCS(=O)(=O)[O-].CCCCCCCCCCCCCCCCCCCOC(=O)c1ccccc1C(=O)OCCS(=O)(=O)[O-].[Ca+2]. The monoisotopic (exact) mass is 1120 g/mol. The van der Waals surface area contributed by atoms with Crippen molar-refractivity contribution in [3.63, 3.8) is 0 Å². The summed E-state index contributed by atoms with van der Waals surface area (Å²) in [5.41, 5.74) is 0.0883. The minimum Gasteiger partial charge on any atom is -0.748 e. The molecule has 0 N–H and O–H groups in total. The van der Waals surface area contributed by atoms with Gasteiger partial charge in [-0.05, 0) is 37.1 Å². The standard InChI is InChI=1S/2C29H48O7S.Ca/c2*1-2-3-4-5-6-7-8-9-10-11-12-13-14-15-16-17-20-23-35-28(30)26-21-18-19-22-27(26)29(31)36-24-25-37(32,33)34;/h2*18-19,21-22H,2-17,20,23-25H2,1H3,(H,32,33,34);/q;;+2/p-2. The van der Waals surface area contributed by atoms with Crippen molar-refractivity contribution in [2.45, 2.75) is 232 Å². The molecule has 2 aromatic carbocycles. The minimum atomic E-state index is -4.48. The van der Waals surface area contributed by atoms with Crippen molar-refractivity contribution >= 4 is 81.9 Å². The Hall–Kier alpha value is -2.60. The molecule has 2 aromatic rings. The summed E-state index contributed by atoms with van der Waals surface area (Å²) in [6.45, 7) is 3.94. The first-order chi connectivity index (χ1) is 35.7. The molecule has 2 rings (SSSR count). The number of carbonyl (C=O) groups is 4. The van der Waals surface area contributed by atoms with E-state index < -0.39 is 68.8 Å². The van der Waals surface area contributed by atoms with Crippen LogP contribution in [0.4, 0.5) is 0 Å². The molecule has 0 atom stereocenters. The van der Waals surface area contributed by atoms with E-state index in [1.165, 1.54) is 204 Å². The van der Waals surface area contributed by atoms with Crippen LogP contribution in [0.5, 0.6) is 0 Å². The number of benzene rings is 2. The predicted octanol–water partition coefficient (Wildman–Crippen LogP) is 14.0. The summed E-state index contributed by atoms with van der Waals surface area (Å²) in [5.74, 6) is -4.61. The molecule has 14 nitrogen and oxygen atoms in total. The van der Waals surface area contributed by atoms with Crippen LogP contribution in [0.1, 0.15) is 274 Å². The number of hydrogen-bond acceptors (Lipinski definition) is 14. The molecular formula is C58H94CaO14S2. The summed E-state index contributed by atoms with van der Waals surface area (Å²) in [5, 5.41) is 0. The van der Waals surface area contributed by atoms with Crippen molar-refractivity contribution in [2.75, 3.05) is 37.9 Å². The number of hydrogen-bond donors (Lipinski definition) is 0. The molecule has 0 fully saturated rings. The van der Waals surface area contributed by atoms with E-state index in [1.807, 2.05) is 0 Å². The van der Waals surface area contributed by atoms with Crippen LogP contribution in [0.15, 0.2) is 48.5 Å². The van der Waals surface area contributed by atoms with Gasteiger partial charge in [-0.3, -0.25) is 0 Å². The fourth-order valence-electron chi connectivity index (χ4n) is 8.45. The molecular weight excluding hydrogens is 1020 g/mol. The Labute approximate surface area is 483 Å². The van der Waals surface area contributed by atoms with Crippen LogP contribution in [0.2, 0.25) is 0 Å². The molecule has 0 aromatic heterocycles. The van der Waals surface area contributed by atoms with E-state index in [0.717, 1.165) is 38.5 Å². The van der Waals surface area contributed by atoms with E-state index in [9.17, 15) is 45.1 Å². The first-order valence-corrected chi connectivity index (χ1v) is 31.6. The second kappa shape index (κ2) is 48.5. The summed E-state index contributed by atoms with van der Waals surface area (Å²) < 4.78 is 84.1. The Morgan fingerprint density at radius 2 is 0.493 bits per heavy atom. The second-order valence-corrected chi connectivity index (χ2v) is 22.5. The molecule has 0 spiro atoms. The quantitative estimate of drug-likeness (QED) is 0.0198. The zero-order valence-corrected chi connectivity index (χ0v) is 50.0. The molecule has 0 aliphatic heterocycles. The Balaban J connectivity index is 0.00000144. The van der Waals surface area contributed by atoms with Gasteiger partial charge in [0.15, 0.2) is 0 Å². The smallest absolute Gasteiger partial charge is 0.748 e. The third-order valence-electron chi connectivity index (χ3n) is 12.8. The van der Waals surface area contributed by atoms with Crippen LogP contribution in [0, 0.1) is 0 Å². The van der Waals surface area contributed by atoms with Gasteiger partial charge in [0.2, 0.25) is 0 Å². The molecule has 75 heavy (non-hydrogen) atoms. The molecule has 0 bridgehead atoms. The van der Waals surface area contributed by atoms with Crippen molar-refractivity contribution < 1.29 is 64.1 Å². The summed E-state index contributed by atoms with van der Waals surface area (Å²) in [6.07, 6.45) is 43.4. The average Bonchev–Trinajstić information content (AvgIpc) is 3.37. The third-order valence-corrected chi connectivity index (χ3v) is 14.2. The molecule has 0 unspecified atom stereocenters. The zero-order chi connectivity index (χ0) is 54.4. The number of esters is 4. The number of carbonyl (C=O) groups excluding carboxylic acids is 4. The van der Waals surface area contributed by atoms with Gasteiger partial charge < -0.3 is 28.1 Å². The van der Waals surface area contributed by atoms with Crippen LogP contribution in [0.25, 0.3) is 0 Å². The number of unbranched alkanes of at least 4 members (excludes halogenated alkanes) is 32. The van der Waals surface area contributed by atoms with Crippen molar-refractivity contribution in [2.24, 2.45) is 0 Å². The molecule has 0 heterocycles. The van der Waals surface area contributed by atoms with E-state index >= 15 is 0 Å². The van der Waals surface area contributed by atoms with Gasteiger partial charge in [0, 0.05) is 0 Å². The minimum absolute atomic E-state index is 0. The van der Waals surface area contributed by atoms with Gasteiger partial charge >= 0.3 is 61.6 Å². The molecule has 424 valence electrons. The van der Waals surface area contributed by atoms with Gasteiger partial charge in [-0.1, -0.05) is 244 Å². The van der Waals surface area contributed by atoms with Crippen molar-refractivity contribution in [1.29, 1.82) is 0 Å². The van der Waals surface area contributed by atoms with E-state index in [2.05, 4.69) is 13.8 Å². The van der Waals surface area contributed by atoms with Crippen LogP contribution in [0.3, 0.4) is 0 Å². The van der Waals surface area contributed by atoms with Gasteiger partial charge in [-0.2, -0.15) is 0 Å². The topological polar surface area (TPSA) is 220 Å². The molecule has 0 radical (unpaired) electrons. The Morgan fingerprint density at radius 3 is 0.680 bits per heavy atom.